The van der Waals surface area contributed by atoms with Gasteiger partial charge in [-0.05, 0) is 51.9 Å². The highest BCUT2D eigenvalue weighted by Crippen LogP contribution is 2.52. The normalized spacial score (nSPS) is 27.9. The van der Waals surface area contributed by atoms with Gasteiger partial charge in [0.2, 0.25) is 0 Å². The molecule has 4 heteroatoms. The lowest BCUT2D eigenvalue weighted by atomic mass is 9.77. The number of hydrogen-bond acceptors (Lipinski definition) is 3. The third-order valence-electron chi connectivity index (χ3n) is 4.42. The predicted molar refractivity (Wildman–Crippen MR) is 77.5 cm³/mol. The van der Waals surface area contributed by atoms with E-state index in [0.717, 1.165) is 32.0 Å². The number of carbonyl (C=O) groups is 2. The average Bonchev–Trinajstić information content (AvgIpc) is 3.06. The Hall–Kier alpha value is -1.06. The van der Waals surface area contributed by atoms with Crippen molar-refractivity contribution < 1.29 is 14.3 Å². The number of piperidine rings is 1. The topological polar surface area (TPSA) is 46.6 Å². The molecule has 0 aromatic heterocycles. The molecule has 0 aromatic carbocycles. The van der Waals surface area contributed by atoms with Crippen LogP contribution >= 0.6 is 0 Å². The zero-order chi connectivity index (χ0) is 15.2. The fraction of sp³-hybridized carbons (Fsp3) is 0.875. The zero-order valence-electron chi connectivity index (χ0n) is 13.4. The lowest BCUT2D eigenvalue weighted by Gasteiger charge is -2.46. The first kappa shape index (κ1) is 15.3. The summed E-state index contributed by atoms with van der Waals surface area (Å²) in [4.78, 5) is 25.7. The van der Waals surface area contributed by atoms with Gasteiger partial charge < -0.3 is 14.4 Å². The third kappa shape index (κ3) is 3.15. The van der Waals surface area contributed by atoms with Crippen molar-refractivity contribution in [3.05, 3.63) is 0 Å². The lowest BCUT2D eigenvalue weighted by molar-refractivity contribution is -0.115. The second kappa shape index (κ2) is 4.74. The maximum absolute atomic E-state index is 12.5. The van der Waals surface area contributed by atoms with Crippen LogP contribution in [0.2, 0.25) is 0 Å². The van der Waals surface area contributed by atoms with E-state index in [1.807, 2.05) is 25.7 Å². The second-order valence-electron chi connectivity index (χ2n) is 8.18. The van der Waals surface area contributed by atoms with Crippen LogP contribution in [-0.2, 0) is 9.53 Å². The number of aldehydes is 1. The second-order valence-corrected chi connectivity index (χ2v) is 8.18. The van der Waals surface area contributed by atoms with Gasteiger partial charge in [-0.2, -0.15) is 0 Å². The van der Waals surface area contributed by atoms with Gasteiger partial charge >= 0.3 is 6.09 Å². The molecular formula is C16H27NO3. The van der Waals surface area contributed by atoms with Crippen molar-refractivity contribution in [3.63, 3.8) is 0 Å². The van der Waals surface area contributed by atoms with Crippen molar-refractivity contribution in [1.82, 2.24) is 4.90 Å². The van der Waals surface area contributed by atoms with Crippen molar-refractivity contribution in [2.24, 2.45) is 10.8 Å². The first-order valence-electron chi connectivity index (χ1n) is 7.55. The Kier molecular flexibility index (Phi) is 3.64. The number of rotatable bonds is 2. The van der Waals surface area contributed by atoms with Gasteiger partial charge in [-0.3, -0.25) is 0 Å². The molecular weight excluding hydrogens is 254 g/mol. The molecule has 2 rings (SSSR count). The van der Waals surface area contributed by atoms with Crippen LogP contribution in [0.25, 0.3) is 0 Å². The molecule has 4 nitrogen and oxygen atoms in total. The minimum Gasteiger partial charge on any atom is -0.444 e. The summed E-state index contributed by atoms with van der Waals surface area (Å²) in [6, 6.07) is 0.0166. The SMILES string of the molecule is CC1(C)CCC(C2(C=O)CC2)N(C(=O)OC(C)(C)C)C1. The first-order chi connectivity index (χ1) is 9.09. The fourth-order valence-electron chi connectivity index (χ4n) is 3.12. The van der Waals surface area contributed by atoms with Crippen LogP contribution in [-0.4, -0.2) is 35.5 Å². The summed E-state index contributed by atoms with van der Waals surface area (Å²) < 4.78 is 5.54. The quantitative estimate of drug-likeness (QED) is 0.729. The maximum Gasteiger partial charge on any atom is 0.410 e. The molecule has 0 aromatic rings. The molecule has 1 aliphatic heterocycles. The standard InChI is InChI=1S/C16H27NO3/c1-14(2,3)20-13(19)17-10-15(4,5)7-6-12(17)16(11-18)8-9-16/h11-12H,6-10H2,1-5H3. The van der Waals surface area contributed by atoms with Gasteiger partial charge in [0.05, 0.1) is 0 Å². The van der Waals surface area contributed by atoms with Crippen LogP contribution in [0.3, 0.4) is 0 Å². The van der Waals surface area contributed by atoms with Crippen molar-refractivity contribution in [2.75, 3.05) is 6.54 Å². The summed E-state index contributed by atoms with van der Waals surface area (Å²) in [7, 11) is 0. The minimum absolute atomic E-state index is 0.0166. The highest BCUT2D eigenvalue weighted by molar-refractivity contribution is 5.72. The number of carbonyl (C=O) groups excluding carboxylic acids is 2. The average molecular weight is 281 g/mol. The monoisotopic (exact) mass is 281 g/mol. The van der Waals surface area contributed by atoms with Crippen molar-refractivity contribution >= 4 is 12.4 Å². The predicted octanol–water partition coefficient (Wildman–Crippen LogP) is 3.39. The van der Waals surface area contributed by atoms with E-state index in [-0.39, 0.29) is 23.0 Å². The number of hydrogen-bond donors (Lipinski definition) is 0. The Labute approximate surface area is 121 Å². The molecule has 2 aliphatic rings. The van der Waals surface area contributed by atoms with E-state index in [0.29, 0.717) is 6.54 Å². The largest absolute Gasteiger partial charge is 0.444 e. The van der Waals surface area contributed by atoms with E-state index in [2.05, 4.69) is 13.8 Å². The van der Waals surface area contributed by atoms with Crippen molar-refractivity contribution in [1.29, 1.82) is 0 Å². The van der Waals surface area contributed by atoms with Gasteiger partial charge in [0.25, 0.3) is 0 Å². The third-order valence-corrected chi connectivity index (χ3v) is 4.42. The number of ether oxygens (including phenoxy) is 1. The van der Waals surface area contributed by atoms with Gasteiger partial charge in [0, 0.05) is 18.0 Å². The van der Waals surface area contributed by atoms with E-state index in [4.69, 9.17) is 4.74 Å². The lowest BCUT2D eigenvalue weighted by Crippen LogP contribution is -2.54. The maximum atomic E-state index is 12.5. The molecule has 0 spiro atoms. The molecule has 0 N–H and O–H groups in total. The number of amides is 1. The van der Waals surface area contributed by atoms with Gasteiger partial charge in [0.15, 0.2) is 0 Å². The Morgan fingerprint density at radius 1 is 1.25 bits per heavy atom. The van der Waals surface area contributed by atoms with Crippen molar-refractivity contribution in [2.45, 2.75) is 71.9 Å². The van der Waals surface area contributed by atoms with Gasteiger partial charge in [-0.1, -0.05) is 13.8 Å². The minimum atomic E-state index is -0.499. The van der Waals surface area contributed by atoms with E-state index in [1.165, 1.54) is 0 Å². The molecule has 114 valence electrons. The van der Waals surface area contributed by atoms with E-state index in [9.17, 15) is 9.59 Å². The molecule has 2 fully saturated rings. The molecule has 0 radical (unpaired) electrons. The highest BCUT2D eigenvalue weighted by Gasteiger charge is 2.55. The van der Waals surface area contributed by atoms with Crippen LogP contribution in [0, 0.1) is 10.8 Å². The molecule has 0 bridgehead atoms. The highest BCUT2D eigenvalue weighted by atomic mass is 16.6. The molecule has 1 amide bonds. The fourth-order valence-corrected chi connectivity index (χ4v) is 3.12. The van der Waals surface area contributed by atoms with Crippen LogP contribution in [0.4, 0.5) is 4.79 Å². The van der Waals surface area contributed by atoms with Crippen LogP contribution in [0.5, 0.6) is 0 Å². The summed E-state index contributed by atoms with van der Waals surface area (Å²) in [5.74, 6) is 0. The smallest absolute Gasteiger partial charge is 0.410 e. The molecule has 1 atom stereocenters. The molecule has 1 saturated heterocycles. The van der Waals surface area contributed by atoms with Crippen LogP contribution in [0.15, 0.2) is 0 Å². The first-order valence-corrected chi connectivity index (χ1v) is 7.55. The Balaban J connectivity index is 2.18. The summed E-state index contributed by atoms with van der Waals surface area (Å²) in [5.41, 5.74) is -0.707. The molecule has 1 aliphatic carbocycles. The van der Waals surface area contributed by atoms with E-state index in [1.54, 1.807) is 0 Å². The van der Waals surface area contributed by atoms with Crippen LogP contribution < -0.4 is 0 Å². The molecule has 1 unspecified atom stereocenters. The summed E-state index contributed by atoms with van der Waals surface area (Å²) in [5, 5.41) is 0. The van der Waals surface area contributed by atoms with Gasteiger partial charge in [-0.25, -0.2) is 4.79 Å². The molecule has 20 heavy (non-hydrogen) atoms. The number of likely N-dealkylation sites (tertiary alicyclic amines) is 1. The Morgan fingerprint density at radius 3 is 2.30 bits per heavy atom. The van der Waals surface area contributed by atoms with E-state index < -0.39 is 5.60 Å². The van der Waals surface area contributed by atoms with Gasteiger partial charge in [-0.15, -0.1) is 0 Å². The Bertz CT molecular complexity index is 404. The van der Waals surface area contributed by atoms with Gasteiger partial charge in [0.1, 0.15) is 11.9 Å². The summed E-state index contributed by atoms with van der Waals surface area (Å²) >= 11 is 0. The van der Waals surface area contributed by atoms with Crippen LogP contribution in [0.1, 0.15) is 60.3 Å². The zero-order valence-corrected chi connectivity index (χ0v) is 13.4. The summed E-state index contributed by atoms with van der Waals surface area (Å²) in [6.45, 7) is 10.6. The summed E-state index contributed by atoms with van der Waals surface area (Å²) in [6.07, 6.45) is 4.54. The van der Waals surface area contributed by atoms with E-state index >= 15 is 0 Å². The molecule has 1 heterocycles. The Morgan fingerprint density at radius 2 is 1.85 bits per heavy atom. The molecule has 1 saturated carbocycles. The number of nitrogens with zero attached hydrogens (tertiary/aromatic N) is 1. The van der Waals surface area contributed by atoms with Crippen molar-refractivity contribution in [3.8, 4) is 0 Å².